The van der Waals surface area contributed by atoms with Crippen LogP contribution >= 0.6 is 0 Å². The van der Waals surface area contributed by atoms with Crippen LogP contribution in [0, 0.1) is 17.0 Å². The number of aryl methyl sites for hydroxylation is 1. The zero-order valence-corrected chi connectivity index (χ0v) is 11.0. The number of amides is 1. The van der Waals surface area contributed by atoms with Crippen molar-refractivity contribution in [2.24, 2.45) is 0 Å². The number of aromatic amines is 1. The third-order valence-electron chi connectivity index (χ3n) is 3.34. The van der Waals surface area contributed by atoms with Crippen molar-refractivity contribution in [2.45, 2.75) is 6.92 Å². The maximum Gasteiger partial charge on any atom is 0.292 e. The molecule has 1 aliphatic heterocycles. The van der Waals surface area contributed by atoms with Crippen molar-refractivity contribution in [1.29, 1.82) is 0 Å². The molecule has 0 atom stereocenters. The van der Waals surface area contributed by atoms with Gasteiger partial charge in [-0.05, 0) is 19.1 Å². The Morgan fingerprint density at radius 1 is 1.43 bits per heavy atom. The molecule has 0 saturated heterocycles. The Morgan fingerprint density at radius 3 is 2.81 bits per heavy atom. The zero-order valence-electron chi connectivity index (χ0n) is 11.0. The predicted molar refractivity (Wildman–Crippen MR) is 77.3 cm³/mol. The maximum absolute atomic E-state index is 12.1. The highest BCUT2D eigenvalue weighted by Crippen LogP contribution is 2.41. The van der Waals surface area contributed by atoms with Crippen molar-refractivity contribution >= 4 is 34.6 Å². The summed E-state index contributed by atoms with van der Waals surface area (Å²) in [5.74, 6) is -0.355. The van der Waals surface area contributed by atoms with Gasteiger partial charge in [0.2, 0.25) is 0 Å². The molecule has 2 heterocycles. The van der Waals surface area contributed by atoms with Crippen LogP contribution < -0.4 is 11.1 Å². The molecular weight excluding hydrogens is 274 g/mol. The summed E-state index contributed by atoms with van der Waals surface area (Å²) in [5.41, 5.74) is 8.06. The number of fused-ring (bicyclic) bond motifs is 1. The van der Waals surface area contributed by atoms with Crippen LogP contribution in [0.25, 0.3) is 11.6 Å². The van der Waals surface area contributed by atoms with Crippen LogP contribution in [-0.2, 0) is 4.79 Å². The molecule has 106 valence electrons. The van der Waals surface area contributed by atoms with Gasteiger partial charge in [-0.2, -0.15) is 0 Å². The molecule has 0 unspecified atom stereocenters. The number of nitrogens with one attached hydrogen (secondary N) is 2. The van der Waals surface area contributed by atoms with E-state index in [4.69, 9.17) is 5.73 Å². The molecule has 1 aromatic carbocycles. The van der Waals surface area contributed by atoms with E-state index in [1.807, 2.05) is 0 Å². The van der Waals surface area contributed by atoms with E-state index in [1.165, 1.54) is 18.5 Å². The molecule has 0 bridgehead atoms. The van der Waals surface area contributed by atoms with Gasteiger partial charge >= 0.3 is 0 Å². The first-order valence-electron chi connectivity index (χ1n) is 6.09. The predicted octanol–water partition coefficient (Wildman–Crippen LogP) is 1.70. The Hall–Kier alpha value is -3.16. The summed E-state index contributed by atoms with van der Waals surface area (Å²) in [7, 11) is 0. The summed E-state index contributed by atoms with van der Waals surface area (Å²) in [4.78, 5) is 29.4. The molecule has 0 saturated carbocycles. The molecule has 0 fully saturated rings. The van der Waals surface area contributed by atoms with E-state index in [0.29, 0.717) is 22.6 Å². The number of carbonyl (C=O) groups is 1. The monoisotopic (exact) mass is 285 g/mol. The third-order valence-corrected chi connectivity index (χ3v) is 3.34. The van der Waals surface area contributed by atoms with E-state index < -0.39 is 4.92 Å². The second-order valence-corrected chi connectivity index (χ2v) is 4.59. The number of benzene rings is 1. The fourth-order valence-corrected chi connectivity index (χ4v) is 2.27. The average molecular weight is 285 g/mol. The molecule has 4 N–H and O–H groups in total. The van der Waals surface area contributed by atoms with Gasteiger partial charge in [-0.1, -0.05) is 0 Å². The average Bonchev–Trinajstić information content (AvgIpc) is 2.95. The van der Waals surface area contributed by atoms with E-state index in [1.54, 1.807) is 13.0 Å². The van der Waals surface area contributed by atoms with Gasteiger partial charge in [0.1, 0.15) is 5.69 Å². The normalized spacial score (nSPS) is 15.1. The second kappa shape index (κ2) is 4.44. The first kappa shape index (κ1) is 12.9. The number of imidazole rings is 1. The van der Waals surface area contributed by atoms with Gasteiger partial charge in [0, 0.05) is 11.6 Å². The van der Waals surface area contributed by atoms with Crippen LogP contribution in [0.2, 0.25) is 0 Å². The number of nitrogen functional groups attached to an aromatic ring is 1. The van der Waals surface area contributed by atoms with Gasteiger partial charge in [-0.25, -0.2) is 4.98 Å². The SMILES string of the molecule is Cc1nc[nH]c1/C=C1\C(=O)Nc2ccc([N+](=O)[O-])c(N)c21. The third kappa shape index (κ3) is 1.93. The van der Waals surface area contributed by atoms with Gasteiger partial charge in [-0.3, -0.25) is 14.9 Å². The lowest BCUT2D eigenvalue weighted by atomic mass is 10.0. The molecule has 0 aliphatic carbocycles. The second-order valence-electron chi connectivity index (χ2n) is 4.59. The minimum absolute atomic E-state index is 0.0285. The standard InChI is InChI=1S/C13H11N5O3/c1-6-9(16-5-15-6)4-7-11-8(17-13(7)19)2-3-10(12(11)14)18(20)21/h2-5H,14H2,1H3,(H,15,16)(H,17,19)/b7-4-. The van der Waals surface area contributed by atoms with Crippen molar-refractivity contribution in [2.75, 3.05) is 11.1 Å². The largest absolute Gasteiger partial charge is 0.393 e. The number of rotatable bonds is 2. The molecule has 21 heavy (non-hydrogen) atoms. The smallest absolute Gasteiger partial charge is 0.292 e. The quantitative estimate of drug-likeness (QED) is 0.335. The molecule has 2 aromatic rings. The van der Waals surface area contributed by atoms with E-state index in [9.17, 15) is 14.9 Å². The van der Waals surface area contributed by atoms with Crippen molar-refractivity contribution in [3.05, 3.63) is 45.5 Å². The number of carbonyl (C=O) groups excluding carboxylic acids is 1. The molecule has 8 heteroatoms. The number of aromatic nitrogens is 2. The van der Waals surface area contributed by atoms with E-state index in [0.717, 1.165) is 0 Å². The minimum atomic E-state index is -0.572. The summed E-state index contributed by atoms with van der Waals surface area (Å²) in [6, 6.07) is 2.75. The lowest BCUT2D eigenvalue weighted by molar-refractivity contribution is -0.383. The summed E-state index contributed by atoms with van der Waals surface area (Å²) in [5, 5.41) is 13.6. The van der Waals surface area contributed by atoms with Gasteiger partial charge in [0.15, 0.2) is 0 Å². The zero-order chi connectivity index (χ0) is 15.1. The van der Waals surface area contributed by atoms with Crippen LogP contribution in [-0.4, -0.2) is 20.8 Å². The Labute approximate surface area is 118 Å². The Balaban J connectivity index is 2.21. The number of hydrogen-bond acceptors (Lipinski definition) is 5. The number of hydrogen-bond donors (Lipinski definition) is 3. The van der Waals surface area contributed by atoms with Gasteiger partial charge in [0.05, 0.1) is 33.9 Å². The highest BCUT2D eigenvalue weighted by atomic mass is 16.6. The Kier molecular flexibility index (Phi) is 2.72. The number of H-pyrrole nitrogens is 1. The van der Waals surface area contributed by atoms with Crippen molar-refractivity contribution in [1.82, 2.24) is 9.97 Å². The first-order valence-corrected chi connectivity index (χ1v) is 6.09. The first-order chi connectivity index (χ1) is 9.99. The van der Waals surface area contributed by atoms with E-state index in [-0.39, 0.29) is 22.9 Å². The molecule has 8 nitrogen and oxygen atoms in total. The number of nitro benzene ring substituents is 1. The van der Waals surface area contributed by atoms with Crippen molar-refractivity contribution < 1.29 is 9.72 Å². The van der Waals surface area contributed by atoms with Crippen molar-refractivity contribution in [3.8, 4) is 0 Å². The van der Waals surface area contributed by atoms with Crippen LogP contribution in [0.5, 0.6) is 0 Å². The van der Waals surface area contributed by atoms with Crippen LogP contribution in [0.1, 0.15) is 17.0 Å². The highest BCUT2D eigenvalue weighted by Gasteiger charge is 2.30. The van der Waals surface area contributed by atoms with Crippen molar-refractivity contribution in [3.63, 3.8) is 0 Å². The summed E-state index contributed by atoms with van der Waals surface area (Å²) in [6.45, 7) is 1.79. The highest BCUT2D eigenvalue weighted by molar-refractivity contribution is 6.36. The molecule has 1 amide bonds. The van der Waals surface area contributed by atoms with E-state index >= 15 is 0 Å². The van der Waals surface area contributed by atoms with Gasteiger partial charge in [0.25, 0.3) is 11.6 Å². The van der Waals surface area contributed by atoms with Gasteiger partial charge < -0.3 is 16.0 Å². The summed E-state index contributed by atoms with van der Waals surface area (Å²) >= 11 is 0. The molecule has 1 aliphatic rings. The lowest BCUT2D eigenvalue weighted by Gasteiger charge is -2.04. The number of nitro groups is 1. The minimum Gasteiger partial charge on any atom is -0.393 e. The van der Waals surface area contributed by atoms with Crippen LogP contribution in [0.15, 0.2) is 18.5 Å². The molecule has 0 spiro atoms. The van der Waals surface area contributed by atoms with Gasteiger partial charge in [-0.15, -0.1) is 0 Å². The number of nitrogens with two attached hydrogens (primary N) is 1. The molecule has 3 rings (SSSR count). The molecule has 1 aromatic heterocycles. The topological polar surface area (TPSA) is 127 Å². The number of nitrogens with zero attached hydrogens (tertiary/aromatic N) is 2. The Bertz CT molecular complexity index is 806. The fourth-order valence-electron chi connectivity index (χ4n) is 2.27. The molecule has 0 radical (unpaired) electrons. The summed E-state index contributed by atoms with van der Waals surface area (Å²) in [6.07, 6.45) is 3.09. The van der Waals surface area contributed by atoms with Crippen LogP contribution in [0.4, 0.5) is 17.1 Å². The van der Waals surface area contributed by atoms with E-state index in [2.05, 4.69) is 15.3 Å². The molecular formula is C13H11N5O3. The van der Waals surface area contributed by atoms with Crippen LogP contribution in [0.3, 0.4) is 0 Å². The summed E-state index contributed by atoms with van der Waals surface area (Å²) < 4.78 is 0. The number of anilines is 2. The lowest BCUT2D eigenvalue weighted by Crippen LogP contribution is -2.03. The fraction of sp³-hybridized carbons (Fsp3) is 0.0769. The maximum atomic E-state index is 12.1. The Morgan fingerprint density at radius 2 is 2.19 bits per heavy atom.